The number of nitrogens with two attached hydrogens (primary N) is 1. The average molecular weight is 268 g/mol. The second-order valence-electron chi connectivity index (χ2n) is 5.00. The minimum atomic E-state index is 0.109. The molecule has 2 rings (SSSR count). The number of hydrogen-bond donors (Lipinski definition) is 2. The van der Waals surface area contributed by atoms with E-state index in [0.29, 0.717) is 10.6 Å². The maximum Gasteiger partial charge on any atom is 0.172 e. The van der Waals surface area contributed by atoms with Gasteiger partial charge in [0.2, 0.25) is 0 Å². The van der Waals surface area contributed by atoms with E-state index in [1.807, 2.05) is 13.1 Å². The molecule has 1 aliphatic rings. The van der Waals surface area contributed by atoms with Crippen LogP contribution in [0.1, 0.15) is 18.9 Å². The lowest BCUT2D eigenvalue weighted by molar-refractivity contribution is 0.318. The molecular weight excluding hydrogens is 250 g/mol. The van der Waals surface area contributed by atoms with E-state index in [2.05, 4.69) is 17.0 Å². The monoisotopic (exact) mass is 267 g/mol. The molecule has 1 saturated carbocycles. The van der Waals surface area contributed by atoms with Gasteiger partial charge in [-0.3, -0.25) is 0 Å². The van der Waals surface area contributed by atoms with E-state index in [4.69, 9.17) is 22.5 Å². The van der Waals surface area contributed by atoms with E-state index in [1.54, 1.807) is 12.1 Å². The van der Waals surface area contributed by atoms with Gasteiger partial charge in [-0.05, 0) is 36.5 Å². The summed E-state index contributed by atoms with van der Waals surface area (Å²) in [6.45, 7) is 3.22. The normalized spacial score (nSPS) is 22.9. The summed E-state index contributed by atoms with van der Waals surface area (Å²) in [6.07, 6.45) is 1.27. The molecule has 0 aromatic heterocycles. The number of benzene rings is 1. The third kappa shape index (κ3) is 2.70. The van der Waals surface area contributed by atoms with Crippen molar-refractivity contribution in [1.29, 1.82) is 0 Å². The second-order valence-corrected chi connectivity index (χ2v) is 5.44. The van der Waals surface area contributed by atoms with Crippen molar-refractivity contribution in [2.24, 2.45) is 22.7 Å². The maximum atomic E-state index is 8.81. The van der Waals surface area contributed by atoms with Crippen LogP contribution < -0.4 is 10.6 Å². The van der Waals surface area contributed by atoms with Gasteiger partial charge in [0.05, 0.1) is 0 Å². The predicted molar refractivity (Wildman–Crippen MR) is 74.5 cm³/mol. The Labute approximate surface area is 112 Å². The van der Waals surface area contributed by atoms with Crippen LogP contribution in [0, 0.1) is 11.8 Å². The van der Waals surface area contributed by atoms with Gasteiger partial charge in [0, 0.05) is 29.9 Å². The summed E-state index contributed by atoms with van der Waals surface area (Å²) in [5.41, 5.74) is 7.29. The highest BCUT2D eigenvalue weighted by molar-refractivity contribution is 6.31. The largest absolute Gasteiger partial charge is 0.409 e. The van der Waals surface area contributed by atoms with Crippen LogP contribution in [-0.4, -0.2) is 24.6 Å². The van der Waals surface area contributed by atoms with E-state index in [0.717, 1.165) is 24.1 Å². The molecule has 4 nitrogen and oxygen atoms in total. The molecule has 1 aliphatic carbocycles. The molecule has 0 amide bonds. The summed E-state index contributed by atoms with van der Waals surface area (Å²) < 4.78 is 0. The van der Waals surface area contributed by atoms with E-state index < -0.39 is 0 Å². The zero-order valence-electron chi connectivity index (χ0n) is 10.6. The molecule has 0 saturated heterocycles. The lowest BCUT2D eigenvalue weighted by Gasteiger charge is -2.22. The summed E-state index contributed by atoms with van der Waals surface area (Å²) in [6, 6.07) is 5.37. The molecule has 0 heterocycles. The Bertz CT molecular complexity index is 475. The van der Waals surface area contributed by atoms with Gasteiger partial charge in [-0.1, -0.05) is 23.7 Å². The van der Waals surface area contributed by atoms with Gasteiger partial charge in [0.25, 0.3) is 0 Å². The SMILES string of the molecule is CC1CC1CN(C)c1cc(Cl)ccc1C(N)=NO. The van der Waals surface area contributed by atoms with Crippen LogP contribution in [0.5, 0.6) is 0 Å². The van der Waals surface area contributed by atoms with Crippen LogP contribution in [0.2, 0.25) is 5.02 Å². The number of rotatable bonds is 4. The summed E-state index contributed by atoms with van der Waals surface area (Å²) in [5, 5.41) is 12.5. The number of nitrogens with zero attached hydrogens (tertiary/aromatic N) is 2. The Morgan fingerprint density at radius 2 is 2.28 bits per heavy atom. The Balaban J connectivity index is 2.26. The molecule has 2 unspecified atom stereocenters. The molecule has 18 heavy (non-hydrogen) atoms. The van der Waals surface area contributed by atoms with E-state index >= 15 is 0 Å². The fourth-order valence-electron chi connectivity index (χ4n) is 2.19. The van der Waals surface area contributed by atoms with Crippen molar-refractivity contribution >= 4 is 23.1 Å². The first-order valence-electron chi connectivity index (χ1n) is 6.01. The number of oxime groups is 1. The minimum absolute atomic E-state index is 0.109. The lowest BCUT2D eigenvalue weighted by Crippen LogP contribution is -2.25. The first-order valence-corrected chi connectivity index (χ1v) is 6.39. The lowest BCUT2D eigenvalue weighted by atomic mass is 10.1. The summed E-state index contributed by atoms with van der Waals surface area (Å²) >= 11 is 6.02. The Kier molecular flexibility index (Phi) is 3.66. The van der Waals surface area contributed by atoms with Gasteiger partial charge in [0.15, 0.2) is 5.84 Å². The Morgan fingerprint density at radius 1 is 1.61 bits per heavy atom. The average Bonchev–Trinajstić information content (AvgIpc) is 3.03. The predicted octanol–water partition coefficient (Wildman–Crippen LogP) is 2.53. The number of amidine groups is 1. The molecule has 1 aromatic carbocycles. The molecule has 0 aliphatic heterocycles. The second kappa shape index (κ2) is 5.06. The number of halogens is 1. The fourth-order valence-corrected chi connectivity index (χ4v) is 2.36. The third-order valence-corrected chi connectivity index (χ3v) is 3.77. The summed E-state index contributed by atoms with van der Waals surface area (Å²) in [4.78, 5) is 2.12. The van der Waals surface area contributed by atoms with E-state index in [-0.39, 0.29) is 5.84 Å². The molecule has 3 N–H and O–H groups in total. The van der Waals surface area contributed by atoms with E-state index in [1.165, 1.54) is 6.42 Å². The van der Waals surface area contributed by atoms with Crippen molar-refractivity contribution in [3.05, 3.63) is 28.8 Å². The highest BCUT2D eigenvalue weighted by Gasteiger charge is 2.33. The molecule has 1 aromatic rings. The topological polar surface area (TPSA) is 61.8 Å². The van der Waals surface area contributed by atoms with Crippen LogP contribution in [0.25, 0.3) is 0 Å². The van der Waals surface area contributed by atoms with Gasteiger partial charge in [-0.15, -0.1) is 0 Å². The van der Waals surface area contributed by atoms with Gasteiger partial charge in [-0.25, -0.2) is 0 Å². The quantitative estimate of drug-likeness (QED) is 0.381. The highest BCUT2D eigenvalue weighted by Crippen LogP contribution is 2.39. The van der Waals surface area contributed by atoms with Gasteiger partial charge >= 0.3 is 0 Å². The van der Waals surface area contributed by atoms with Crippen molar-refractivity contribution in [3.63, 3.8) is 0 Å². The molecule has 2 atom stereocenters. The molecule has 98 valence electrons. The van der Waals surface area contributed by atoms with Crippen molar-refractivity contribution in [2.75, 3.05) is 18.5 Å². The highest BCUT2D eigenvalue weighted by atomic mass is 35.5. The van der Waals surface area contributed by atoms with Crippen molar-refractivity contribution in [1.82, 2.24) is 0 Å². The fraction of sp³-hybridized carbons (Fsp3) is 0.462. The number of hydrogen-bond acceptors (Lipinski definition) is 3. The molecule has 5 heteroatoms. The minimum Gasteiger partial charge on any atom is -0.409 e. The first kappa shape index (κ1) is 13.0. The smallest absolute Gasteiger partial charge is 0.172 e. The Hall–Kier alpha value is -1.42. The van der Waals surface area contributed by atoms with Crippen LogP contribution >= 0.6 is 11.6 Å². The van der Waals surface area contributed by atoms with Gasteiger partial charge in [-0.2, -0.15) is 0 Å². The molecular formula is C13H18ClN3O. The number of anilines is 1. The summed E-state index contributed by atoms with van der Waals surface area (Å²) in [5.74, 6) is 1.63. The van der Waals surface area contributed by atoms with Crippen molar-refractivity contribution in [2.45, 2.75) is 13.3 Å². The van der Waals surface area contributed by atoms with Crippen LogP contribution in [0.3, 0.4) is 0 Å². The molecule has 0 radical (unpaired) electrons. The first-order chi connectivity index (χ1) is 8.52. The van der Waals surface area contributed by atoms with Crippen LogP contribution in [0.15, 0.2) is 23.4 Å². The molecule has 0 spiro atoms. The van der Waals surface area contributed by atoms with Gasteiger partial charge < -0.3 is 15.8 Å². The third-order valence-electron chi connectivity index (χ3n) is 3.54. The standard InChI is InChI=1S/C13H18ClN3O/c1-8-5-9(8)7-17(2)12-6-10(14)3-4-11(12)13(15)16-18/h3-4,6,8-9,18H,5,7H2,1-2H3,(H2,15,16). The molecule has 0 bridgehead atoms. The van der Waals surface area contributed by atoms with Gasteiger partial charge in [0.1, 0.15) is 0 Å². The summed E-state index contributed by atoms with van der Waals surface area (Å²) in [7, 11) is 2.00. The maximum absolute atomic E-state index is 8.81. The van der Waals surface area contributed by atoms with E-state index in [9.17, 15) is 0 Å². The van der Waals surface area contributed by atoms with Crippen LogP contribution in [-0.2, 0) is 0 Å². The molecule has 1 fully saturated rings. The van der Waals surface area contributed by atoms with Crippen LogP contribution in [0.4, 0.5) is 5.69 Å². The zero-order valence-corrected chi connectivity index (χ0v) is 11.4. The van der Waals surface area contributed by atoms with Crippen molar-refractivity contribution in [3.8, 4) is 0 Å². The Morgan fingerprint density at radius 3 is 2.83 bits per heavy atom. The van der Waals surface area contributed by atoms with Crippen molar-refractivity contribution < 1.29 is 5.21 Å². The zero-order chi connectivity index (χ0) is 13.3.